The third-order valence-electron chi connectivity index (χ3n) is 3.63. The zero-order valence-corrected chi connectivity index (χ0v) is 11.2. The topological polar surface area (TPSA) is 51.0 Å². The van der Waals surface area contributed by atoms with Crippen molar-refractivity contribution in [2.24, 2.45) is 5.73 Å². The molecule has 2 rings (SSSR count). The highest BCUT2D eigenvalue weighted by atomic mass is 16.5. The maximum absolute atomic E-state index is 5.94. The lowest BCUT2D eigenvalue weighted by atomic mass is 9.88. The first-order valence-electron chi connectivity index (χ1n) is 6.15. The number of nitrogens with one attached hydrogen (secondary N) is 1. The Bertz CT molecular complexity index is 518. The number of aromatic amines is 1. The average molecular weight is 244 g/mol. The lowest BCUT2D eigenvalue weighted by molar-refractivity contribution is 0.411. The summed E-state index contributed by atoms with van der Waals surface area (Å²) >= 11 is 0. The molecule has 0 saturated heterocycles. The fraction of sp³-hybridized carbons (Fsp3) is 0.333. The Morgan fingerprint density at radius 1 is 1.22 bits per heavy atom. The van der Waals surface area contributed by atoms with Crippen LogP contribution in [0.3, 0.4) is 0 Å². The van der Waals surface area contributed by atoms with Gasteiger partial charge in [0.05, 0.1) is 7.11 Å². The summed E-state index contributed by atoms with van der Waals surface area (Å²) in [6, 6.07) is 6.22. The molecule has 3 heteroatoms. The van der Waals surface area contributed by atoms with Gasteiger partial charge in [0.25, 0.3) is 0 Å². The highest BCUT2D eigenvalue weighted by molar-refractivity contribution is 5.47. The van der Waals surface area contributed by atoms with Gasteiger partial charge in [-0.05, 0) is 48.2 Å². The summed E-state index contributed by atoms with van der Waals surface area (Å²) in [5.74, 6) is 1.17. The normalized spacial score (nSPS) is 12.4. The Morgan fingerprint density at radius 3 is 2.56 bits per heavy atom. The fourth-order valence-electron chi connectivity index (χ4n) is 2.41. The van der Waals surface area contributed by atoms with Gasteiger partial charge in [0.2, 0.25) is 0 Å². The molecule has 96 valence electrons. The van der Waals surface area contributed by atoms with Gasteiger partial charge in [-0.25, -0.2) is 0 Å². The quantitative estimate of drug-likeness (QED) is 0.868. The molecule has 0 fully saturated rings. The molecule has 2 aromatic rings. The SMILES string of the molecule is COc1ccc(C(CN)c2cc[nH]c2)c(C)c1C. The van der Waals surface area contributed by atoms with Gasteiger partial charge in [-0.3, -0.25) is 0 Å². The summed E-state index contributed by atoms with van der Waals surface area (Å²) in [7, 11) is 1.70. The van der Waals surface area contributed by atoms with E-state index in [-0.39, 0.29) is 5.92 Å². The smallest absolute Gasteiger partial charge is 0.122 e. The van der Waals surface area contributed by atoms with Crippen molar-refractivity contribution in [3.8, 4) is 5.75 Å². The number of hydrogen-bond donors (Lipinski definition) is 2. The van der Waals surface area contributed by atoms with Crippen molar-refractivity contribution in [3.05, 3.63) is 52.8 Å². The lowest BCUT2D eigenvalue weighted by Crippen LogP contribution is -2.15. The van der Waals surface area contributed by atoms with E-state index in [2.05, 4.69) is 31.0 Å². The predicted octanol–water partition coefficient (Wildman–Crippen LogP) is 2.73. The van der Waals surface area contributed by atoms with E-state index in [0.29, 0.717) is 6.54 Å². The number of aromatic nitrogens is 1. The first-order chi connectivity index (χ1) is 8.69. The highest BCUT2D eigenvalue weighted by Gasteiger charge is 2.17. The minimum atomic E-state index is 0.237. The van der Waals surface area contributed by atoms with Gasteiger partial charge in [-0.15, -0.1) is 0 Å². The van der Waals surface area contributed by atoms with Crippen LogP contribution in [0, 0.1) is 13.8 Å². The second-order valence-electron chi connectivity index (χ2n) is 4.54. The molecule has 0 spiro atoms. The summed E-state index contributed by atoms with van der Waals surface area (Å²) in [5.41, 5.74) is 10.9. The van der Waals surface area contributed by atoms with Crippen LogP contribution in [-0.2, 0) is 0 Å². The molecular formula is C15H20N2O. The van der Waals surface area contributed by atoms with E-state index in [1.165, 1.54) is 22.3 Å². The largest absolute Gasteiger partial charge is 0.496 e. The van der Waals surface area contributed by atoms with Gasteiger partial charge in [0.15, 0.2) is 0 Å². The van der Waals surface area contributed by atoms with Gasteiger partial charge >= 0.3 is 0 Å². The molecule has 3 N–H and O–H groups in total. The zero-order valence-electron chi connectivity index (χ0n) is 11.2. The van der Waals surface area contributed by atoms with Crippen LogP contribution in [0.5, 0.6) is 5.75 Å². The van der Waals surface area contributed by atoms with Gasteiger partial charge in [0, 0.05) is 24.9 Å². The number of hydrogen-bond acceptors (Lipinski definition) is 2. The summed E-state index contributed by atoms with van der Waals surface area (Å²) in [6.45, 7) is 4.81. The Balaban J connectivity index is 2.47. The van der Waals surface area contributed by atoms with Crippen molar-refractivity contribution in [2.75, 3.05) is 13.7 Å². The maximum atomic E-state index is 5.94. The first-order valence-corrected chi connectivity index (χ1v) is 6.15. The van der Waals surface area contributed by atoms with Crippen LogP contribution < -0.4 is 10.5 Å². The van der Waals surface area contributed by atoms with Crippen molar-refractivity contribution in [3.63, 3.8) is 0 Å². The van der Waals surface area contributed by atoms with Crippen molar-refractivity contribution >= 4 is 0 Å². The maximum Gasteiger partial charge on any atom is 0.122 e. The Hall–Kier alpha value is -1.74. The minimum absolute atomic E-state index is 0.237. The summed E-state index contributed by atoms with van der Waals surface area (Å²) in [6.07, 6.45) is 3.94. The van der Waals surface area contributed by atoms with E-state index in [1.807, 2.05) is 18.5 Å². The molecule has 1 unspecified atom stereocenters. The van der Waals surface area contributed by atoms with Gasteiger partial charge in [-0.1, -0.05) is 6.07 Å². The third-order valence-corrected chi connectivity index (χ3v) is 3.63. The van der Waals surface area contributed by atoms with Crippen molar-refractivity contribution in [1.29, 1.82) is 0 Å². The Morgan fingerprint density at radius 2 is 2.00 bits per heavy atom. The Kier molecular flexibility index (Phi) is 3.72. The number of H-pyrrole nitrogens is 1. The number of benzene rings is 1. The summed E-state index contributed by atoms with van der Waals surface area (Å²) in [5, 5.41) is 0. The van der Waals surface area contributed by atoms with Gasteiger partial charge < -0.3 is 15.5 Å². The average Bonchev–Trinajstić information content (AvgIpc) is 2.89. The third kappa shape index (κ3) is 2.14. The molecule has 0 bridgehead atoms. The van der Waals surface area contributed by atoms with Crippen LogP contribution in [0.2, 0.25) is 0 Å². The van der Waals surface area contributed by atoms with E-state index in [1.54, 1.807) is 7.11 Å². The number of rotatable bonds is 4. The molecule has 18 heavy (non-hydrogen) atoms. The van der Waals surface area contributed by atoms with Gasteiger partial charge in [0.1, 0.15) is 5.75 Å². The van der Waals surface area contributed by atoms with E-state index < -0.39 is 0 Å². The molecule has 0 saturated carbocycles. The lowest BCUT2D eigenvalue weighted by Gasteiger charge is -2.19. The fourth-order valence-corrected chi connectivity index (χ4v) is 2.41. The van der Waals surface area contributed by atoms with E-state index in [9.17, 15) is 0 Å². The van der Waals surface area contributed by atoms with E-state index in [0.717, 1.165) is 5.75 Å². The molecule has 1 heterocycles. The number of methoxy groups -OCH3 is 1. The molecule has 0 aliphatic rings. The number of ether oxygens (including phenoxy) is 1. The summed E-state index contributed by atoms with van der Waals surface area (Å²) in [4.78, 5) is 3.09. The predicted molar refractivity (Wildman–Crippen MR) is 74.2 cm³/mol. The number of nitrogens with two attached hydrogens (primary N) is 1. The highest BCUT2D eigenvalue weighted by Crippen LogP contribution is 2.31. The van der Waals surface area contributed by atoms with Crippen LogP contribution in [0.15, 0.2) is 30.6 Å². The summed E-state index contributed by atoms with van der Waals surface area (Å²) < 4.78 is 5.35. The van der Waals surface area contributed by atoms with Crippen LogP contribution in [0.1, 0.15) is 28.2 Å². The van der Waals surface area contributed by atoms with E-state index >= 15 is 0 Å². The minimum Gasteiger partial charge on any atom is -0.496 e. The molecule has 1 atom stereocenters. The molecule has 0 radical (unpaired) electrons. The molecule has 1 aromatic heterocycles. The molecule has 0 aliphatic carbocycles. The second-order valence-corrected chi connectivity index (χ2v) is 4.54. The van der Waals surface area contributed by atoms with Crippen LogP contribution in [0.4, 0.5) is 0 Å². The Labute approximate surface area is 108 Å². The molecule has 1 aromatic carbocycles. The molecule has 0 aliphatic heterocycles. The van der Waals surface area contributed by atoms with E-state index in [4.69, 9.17) is 10.5 Å². The molecule has 3 nitrogen and oxygen atoms in total. The first kappa shape index (κ1) is 12.7. The van der Waals surface area contributed by atoms with Crippen molar-refractivity contribution < 1.29 is 4.74 Å². The zero-order chi connectivity index (χ0) is 13.1. The standard InChI is InChI=1S/C15H20N2O/c1-10-11(2)15(18-3)5-4-13(10)14(8-16)12-6-7-17-9-12/h4-7,9,14,17H,8,16H2,1-3H3. The second kappa shape index (κ2) is 5.27. The van der Waals surface area contributed by atoms with Crippen LogP contribution in [0.25, 0.3) is 0 Å². The van der Waals surface area contributed by atoms with Gasteiger partial charge in [-0.2, -0.15) is 0 Å². The van der Waals surface area contributed by atoms with Crippen molar-refractivity contribution in [1.82, 2.24) is 4.98 Å². The van der Waals surface area contributed by atoms with Crippen LogP contribution >= 0.6 is 0 Å². The van der Waals surface area contributed by atoms with Crippen LogP contribution in [-0.4, -0.2) is 18.6 Å². The molecular weight excluding hydrogens is 224 g/mol. The monoisotopic (exact) mass is 244 g/mol. The van der Waals surface area contributed by atoms with Crippen molar-refractivity contribution in [2.45, 2.75) is 19.8 Å². The molecule has 0 amide bonds.